The van der Waals surface area contributed by atoms with Gasteiger partial charge >= 0.3 is 0 Å². The molecule has 0 radical (unpaired) electrons. The molecule has 1 fully saturated rings. The Bertz CT molecular complexity index is 1340. The zero-order chi connectivity index (χ0) is 22.7. The van der Waals surface area contributed by atoms with Crippen molar-refractivity contribution >= 4 is 44.6 Å². The van der Waals surface area contributed by atoms with Gasteiger partial charge in [0.2, 0.25) is 0 Å². The SMILES string of the molecule is CNC(=S)C1(c2cnc3ccccc3c2)CCCC/C1=N\OCc1cccc2ccccc12. The smallest absolute Gasteiger partial charge is 0.142 e. The summed E-state index contributed by atoms with van der Waals surface area (Å²) in [6, 6.07) is 25.0. The van der Waals surface area contributed by atoms with E-state index in [9.17, 15) is 0 Å². The fourth-order valence-electron chi connectivity index (χ4n) is 4.97. The first-order chi connectivity index (χ1) is 16.2. The number of rotatable bonds is 5. The van der Waals surface area contributed by atoms with Crippen LogP contribution in [0.4, 0.5) is 0 Å². The maximum atomic E-state index is 6.01. The molecule has 1 N–H and O–H groups in total. The van der Waals surface area contributed by atoms with Crippen molar-refractivity contribution in [3.05, 3.63) is 90.1 Å². The van der Waals surface area contributed by atoms with Gasteiger partial charge in [-0.15, -0.1) is 0 Å². The summed E-state index contributed by atoms with van der Waals surface area (Å²) in [5.74, 6) is 0. The lowest BCUT2D eigenvalue weighted by atomic mass is 9.68. The van der Waals surface area contributed by atoms with Crippen LogP contribution >= 0.6 is 12.2 Å². The molecule has 0 amide bonds. The summed E-state index contributed by atoms with van der Waals surface area (Å²) in [6.07, 6.45) is 5.85. The highest BCUT2D eigenvalue weighted by atomic mass is 32.1. The van der Waals surface area contributed by atoms with Gasteiger partial charge in [0.05, 0.1) is 21.6 Å². The molecule has 4 aromatic rings. The summed E-state index contributed by atoms with van der Waals surface area (Å²) in [5, 5.41) is 11.5. The zero-order valence-electron chi connectivity index (χ0n) is 18.8. The number of para-hydroxylation sites is 1. The van der Waals surface area contributed by atoms with Crippen molar-refractivity contribution in [2.24, 2.45) is 5.16 Å². The Morgan fingerprint density at radius 3 is 2.70 bits per heavy atom. The molecular formula is C28H27N3OS. The molecule has 3 aromatic carbocycles. The number of nitrogens with one attached hydrogen (secondary N) is 1. The number of benzene rings is 3. The molecule has 5 rings (SSSR count). The van der Waals surface area contributed by atoms with Gasteiger partial charge in [0.15, 0.2) is 0 Å². The third kappa shape index (κ3) is 3.98. The minimum Gasteiger partial charge on any atom is -0.391 e. The minimum absolute atomic E-state index is 0.420. The zero-order valence-corrected chi connectivity index (χ0v) is 19.6. The molecule has 0 bridgehead atoms. The van der Waals surface area contributed by atoms with Crippen molar-refractivity contribution < 1.29 is 4.84 Å². The Kier molecular flexibility index (Phi) is 6.05. The molecule has 1 atom stereocenters. The number of hydrogen-bond acceptors (Lipinski definition) is 4. The lowest BCUT2D eigenvalue weighted by molar-refractivity contribution is 0.128. The van der Waals surface area contributed by atoms with Crippen molar-refractivity contribution in [3.8, 4) is 0 Å². The Hall–Kier alpha value is -3.31. The van der Waals surface area contributed by atoms with Gasteiger partial charge in [-0.05, 0) is 53.3 Å². The molecule has 1 unspecified atom stereocenters. The average Bonchev–Trinajstić information content (AvgIpc) is 2.88. The van der Waals surface area contributed by atoms with Crippen molar-refractivity contribution in [2.75, 3.05) is 7.05 Å². The monoisotopic (exact) mass is 453 g/mol. The molecule has 1 aliphatic rings. The van der Waals surface area contributed by atoms with E-state index in [1.165, 1.54) is 10.8 Å². The molecule has 1 aliphatic carbocycles. The van der Waals surface area contributed by atoms with Crippen LogP contribution in [-0.4, -0.2) is 22.7 Å². The molecule has 0 saturated heterocycles. The van der Waals surface area contributed by atoms with Crippen LogP contribution in [0, 0.1) is 0 Å². The third-order valence-electron chi connectivity index (χ3n) is 6.68. The normalized spacial score (nSPS) is 19.6. The summed E-state index contributed by atoms with van der Waals surface area (Å²) >= 11 is 5.90. The van der Waals surface area contributed by atoms with Crippen LogP contribution in [0.15, 0.2) is 84.1 Å². The first kappa shape index (κ1) is 21.5. The molecular weight excluding hydrogens is 426 g/mol. The number of hydrogen-bond donors (Lipinski definition) is 1. The van der Waals surface area contributed by atoms with Gasteiger partial charge in [0.1, 0.15) is 6.61 Å². The molecule has 0 aliphatic heterocycles. The van der Waals surface area contributed by atoms with E-state index >= 15 is 0 Å². The van der Waals surface area contributed by atoms with Crippen LogP contribution in [0.1, 0.15) is 36.8 Å². The molecule has 0 spiro atoms. The van der Waals surface area contributed by atoms with Gasteiger partial charge < -0.3 is 10.2 Å². The number of oxime groups is 1. The van der Waals surface area contributed by atoms with Gasteiger partial charge in [-0.3, -0.25) is 4.98 Å². The maximum absolute atomic E-state index is 6.01. The summed E-state index contributed by atoms with van der Waals surface area (Å²) < 4.78 is 0. The molecule has 4 nitrogen and oxygen atoms in total. The molecule has 1 heterocycles. The van der Waals surface area contributed by atoms with Crippen molar-refractivity contribution in [1.29, 1.82) is 0 Å². The topological polar surface area (TPSA) is 46.5 Å². The number of aromatic nitrogens is 1. The summed E-state index contributed by atoms with van der Waals surface area (Å²) in [7, 11) is 1.89. The van der Waals surface area contributed by atoms with Crippen molar-refractivity contribution in [1.82, 2.24) is 10.3 Å². The van der Waals surface area contributed by atoms with Gasteiger partial charge in [0, 0.05) is 18.6 Å². The first-order valence-electron chi connectivity index (χ1n) is 11.5. The summed E-state index contributed by atoms with van der Waals surface area (Å²) in [6.45, 7) is 0.420. The predicted octanol–water partition coefficient (Wildman–Crippen LogP) is 6.32. The van der Waals surface area contributed by atoms with Gasteiger partial charge in [0.25, 0.3) is 0 Å². The standard InChI is InChI=1S/C28H27N3OS/c1-29-27(33)28(23-17-21-10-3-5-14-25(21)30-18-23)16-7-6-15-26(28)31-32-19-22-12-8-11-20-9-2-4-13-24(20)22/h2-5,8-14,17-18H,6-7,15-16,19H2,1H3,(H,29,33)/b31-26+. The van der Waals surface area contributed by atoms with Crippen LogP contribution in [-0.2, 0) is 16.9 Å². The van der Waals surface area contributed by atoms with Gasteiger partial charge in [-0.1, -0.05) is 84.5 Å². The predicted molar refractivity (Wildman–Crippen MR) is 140 cm³/mol. The average molecular weight is 454 g/mol. The summed E-state index contributed by atoms with van der Waals surface area (Å²) in [4.78, 5) is 11.5. The quantitative estimate of drug-likeness (QED) is 0.284. The van der Waals surface area contributed by atoms with E-state index in [1.807, 2.05) is 31.4 Å². The third-order valence-corrected chi connectivity index (χ3v) is 7.23. The van der Waals surface area contributed by atoms with E-state index in [0.29, 0.717) is 6.61 Å². The van der Waals surface area contributed by atoms with Crippen LogP contribution < -0.4 is 5.32 Å². The first-order valence-corrected chi connectivity index (χ1v) is 11.9. The fraction of sp³-hybridized carbons (Fsp3) is 0.250. The minimum atomic E-state index is -0.502. The van der Waals surface area contributed by atoms with E-state index < -0.39 is 5.41 Å². The van der Waals surface area contributed by atoms with Gasteiger partial charge in [-0.2, -0.15) is 0 Å². The van der Waals surface area contributed by atoms with Crippen LogP contribution in [0.3, 0.4) is 0 Å². The number of thiocarbonyl (C=S) groups is 1. The van der Waals surface area contributed by atoms with Crippen molar-refractivity contribution in [3.63, 3.8) is 0 Å². The maximum Gasteiger partial charge on any atom is 0.142 e. The highest BCUT2D eigenvalue weighted by Gasteiger charge is 2.44. The second-order valence-corrected chi connectivity index (χ2v) is 8.97. The number of pyridine rings is 1. The Labute approximate surface area is 199 Å². The molecule has 166 valence electrons. The number of nitrogens with zero attached hydrogens (tertiary/aromatic N) is 2. The van der Waals surface area contributed by atoms with Crippen molar-refractivity contribution in [2.45, 2.75) is 37.7 Å². The van der Waals surface area contributed by atoms with Crippen LogP contribution in [0.2, 0.25) is 0 Å². The molecule has 33 heavy (non-hydrogen) atoms. The van der Waals surface area contributed by atoms with E-state index in [1.54, 1.807) is 0 Å². The Balaban J connectivity index is 1.52. The molecule has 1 saturated carbocycles. The number of fused-ring (bicyclic) bond motifs is 2. The Morgan fingerprint density at radius 1 is 1.03 bits per heavy atom. The molecule has 5 heteroatoms. The second-order valence-electron chi connectivity index (χ2n) is 8.56. The summed E-state index contributed by atoms with van der Waals surface area (Å²) in [5.41, 5.74) is 3.66. The second kappa shape index (κ2) is 9.28. The van der Waals surface area contributed by atoms with Crippen LogP contribution in [0.5, 0.6) is 0 Å². The Morgan fingerprint density at radius 2 is 1.82 bits per heavy atom. The van der Waals surface area contributed by atoms with E-state index in [0.717, 1.165) is 58.4 Å². The van der Waals surface area contributed by atoms with E-state index in [4.69, 9.17) is 27.2 Å². The highest BCUT2D eigenvalue weighted by Crippen LogP contribution is 2.39. The van der Waals surface area contributed by atoms with Gasteiger partial charge in [-0.25, -0.2) is 0 Å². The molecule has 1 aromatic heterocycles. The largest absolute Gasteiger partial charge is 0.391 e. The lowest BCUT2D eigenvalue weighted by Gasteiger charge is -2.38. The number of likely N-dealkylation sites (N-methyl/N-ethyl adjacent to an activating group) is 1. The fourth-order valence-corrected chi connectivity index (χ4v) is 5.30. The van der Waals surface area contributed by atoms with E-state index in [2.05, 4.69) is 59.9 Å². The van der Waals surface area contributed by atoms with Crippen LogP contribution in [0.25, 0.3) is 21.7 Å². The lowest BCUT2D eigenvalue weighted by Crippen LogP contribution is -2.50. The highest BCUT2D eigenvalue weighted by molar-refractivity contribution is 7.80. The van der Waals surface area contributed by atoms with E-state index in [-0.39, 0.29) is 0 Å².